The lowest BCUT2D eigenvalue weighted by Gasteiger charge is -2.32. The zero-order valence-electron chi connectivity index (χ0n) is 14.3. The van der Waals surface area contributed by atoms with Gasteiger partial charge >= 0.3 is 7.69 Å². The fraction of sp³-hybridized carbons (Fsp3) is 0.500. The molecule has 5 nitrogen and oxygen atoms in total. The van der Waals surface area contributed by atoms with Crippen LogP contribution in [0.25, 0.3) is 0 Å². The summed E-state index contributed by atoms with van der Waals surface area (Å²) in [6, 6.07) is 9.09. The Hall–Kier alpha value is -1.66. The van der Waals surface area contributed by atoms with Gasteiger partial charge in [-0.25, -0.2) is 4.90 Å². The Balaban J connectivity index is 0.00000135. The number of anilines is 1. The summed E-state index contributed by atoms with van der Waals surface area (Å²) in [6.45, 7) is 10.9. The molecule has 0 aliphatic carbocycles. The second-order valence-electron chi connectivity index (χ2n) is 6.92. The standard InChI is InChI=1S/C16H23NO2.BH3O2/c1-15(2,3)13(18)17(14(19)16(4,5)6)12-10-8-7-9-11-12;2-1-3/h7-11H,1-6H3;1-3H. The minimum absolute atomic E-state index is 0.182. The highest BCUT2D eigenvalue weighted by atomic mass is 16.4. The summed E-state index contributed by atoms with van der Waals surface area (Å²) in [5.74, 6) is -0.364. The molecule has 1 rings (SSSR count). The van der Waals surface area contributed by atoms with Crippen LogP contribution in [0.5, 0.6) is 0 Å². The van der Waals surface area contributed by atoms with Crippen LogP contribution in [-0.4, -0.2) is 29.5 Å². The van der Waals surface area contributed by atoms with Crippen molar-refractivity contribution in [2.45, 2.75) is 41.5 Å². The van der Waals surface area contributed by atoms with Crippen LogP contribution in [0.1, 0.15) is 41.5 Å². The lowest BCUT2D eigenvalue weighted by Crippen LogP contribution is -2.48. The van der Waals surface area contributed by atoms with E-state index in [1.807, 2.05) is 59.7 Å². The van der Waals surface area contributed by atoms with Crippen molar-refractivity contribution in [2.24, 2.45) is 10.8 Å². The number of carbonyl (C=O) groups is 2. The third kappa shape index (κ3) is 5.99. The number of carbonyl (C=O) groups excluding carboxylic acids is 2. The highest BCUT2D eigenvalue weighted by Crippen LogP contribution is 2.28. The Morgan fingerprint density at radius 2 is 1.18 bits per heavy atom. The first-order chi connectivity index (χ1) is 9.96. The number of nitrogens with zero attached hydrogens (tertiary/aromatic N) is 1. The molecule has 0 saturated carbocycles. The smallest absolute Gasteiger partial charge is 0.430 e. The molecule has 0 bridgehead atoms. The fourth-order valence-corrected chi connectivity index (χ4v) is 1.57. The molecular formula is C16H26BNO4. The van der Waals surface area contributed by atoms with Gasteiger partial charge in [0.2, 0.25) is 11.8 Å². The van der Waals surface area contributed by atoms with Crippen LogP contribution >= 0.6 is 0 Å². The maximum absolute atomic E-state index is 12.6. The van der Waals surface area contributed by atoms with Crippen molar-refractivity contribution in [3.63, 3.8) is 0 Å². The van der Waals surface area contributed by atoms with E-state index in [1.165, 1.54) is 4.90 Å². The number of amides is 2. The Bertz CT molecular complexity index is 463. The zero-order valence-corrected chi connectivity index (χ0v) is 14.3. The summed E-state index contributed by atoms with van der Waals surface area (Å²) in [7, 11) is -0.750. The molecule has 0 spiro atoms. The maximum atomic E-state index is 12.6. The van der Waals surface area contributed by atoms with Gasteiger partial charge in [-0.2, -0.15) is 0 Å². The van der Waals surface area contributed by atoms with Gasteiger partial charge < -0.3 is 10.0 Å². The number of benzene rings is 1. The lowest BCUT2D eigenvalue weighted by atomic mass is 9.90. The highest BCUT2D eigenvalue weighted by Gasteiger charge is 2.37. The normalized spacial score (nSPS) is 11.1. The van der Waals surface area contributed by atoms with E-state index in [0.29, 0.717) is 5.69 Å². The largest absolute Gasteiger partial charge is 0.432 e. The predicted molar refractivity (Wildman–Crippen MR) is 89.4 cm³/mol. The Labute approximate surface area is 133 Å². The molecule has 0 aliphatic rings. The highest BCUT2D eigenvalue weighted by molar-refractivity contribution is 6.17. The van der Waals surface area contributed by atoms with E-state index in [2.05, 4.69) is 0 Å². The summed E-state index contributed by atoms with van der Waals surface area (Å²) < 4.78 is 0. The summed E-state index contributed by atoms with van der Waals surface area (Å²) >= 11 is 0. The maximum Gasteiger partial charge on any atom is 0.432 e. The minimum atomic E-state index is -0.750. The van der Waals surface area contributed by atoms with Gasteiger partial charge in [0.15, 0.2) is 0 Å². The van der Waals surface area contributed by atoms with Crippen molar-refractivity contribution in [3.05, 3.63) is 30.3 Å². The second kappa shape index (κ2) is 8.10. The fourth-order valence-electron chi connectivity index (χ4n) is 1.57. The molecule has 22 heavy (non-hydrogen) atoms. The van der Waals surface area contributed by atoms with Gasteiger partial charge in [-0.1, -0.05) is 59.7 Å². The predicted octanol–water partition coefficient (Wildman–Crippen LogP) is 1.88. The van der Waals surface area contributed by atoms with Crippen LogP contribution < -0.4 is 4.90 Å². The Morgan fingerprint density at radius 3 is 1.45 bits per heavy atom. The van der Waals surface area contributed by atoms with E-state index < -0.39 is 18.5 Å². The molecule has 6 heteroatoms. The van der Waals surface area contributed by atoms with Crippen molar-refractivity contribution in [3.8, 4) is 0 Å². The third-order valence-electron chi connectivity index (χ3n) is 2.70. The van der Waals surface area contributed by atoms with Gasteiger partial charge in [0.05, 0.1) is 5.69 Å². The van der Waals surface area contributed by atoms with E-state index in [4.69, 9.17) is 10.0 Å². The average molecular weight is 307 g/mol. The average Bonchev–Trinajstić information content (AvgIpc) is 2.39. The number of rotatable bonds is 1. The van der Waals surface area contributed by atoms with E-state index in [0.717, 1.165) is 0 Å². The molecule has 122 valence electrons. The van der Waals surface area contributed by atoms with Gasteiger partial charge in [-0.15, -0.1) is 0 Å². The molecule has 0 radical (unpaired) electrons. The molecule has 1 aromatic carbocycles. The molecule has 0 unspecified atom stereocenters. The second-order valence-corrected chi connectivity index (χ2v) is 6.92. The Morgan fingerprint density at radius 1 is 0.864 bits per heavy atom. The van der Waals surface area contributed by atoms with Crippen LogP contribution in [0.2, 0.25) is 0 Å². The van der Waals surface area contributed by atoms with Crippen LogP contribution in [0.15, 0.2) is 30.3 Å². The molecule has 2 N–H and O–H groups in total. The van der Waals surface area contributed by atoms with E-state index >= 15 is 0 Å². The summed E-state index contributed by atoms with van der Waals surface area (Å²) in [6.07, 6.45) is 0. The van der Waals surface area contributed by atoms with Gasteiger partial charge in [0.1, 0.15) is 0 Å². The number of hydrogen-bond acceptors (Lipinski definition) is 4. The van der Waals surface area contributed by atoms with Crippen LogP contribution in [0, 0.1) is 10.8 Å². The molecule has 0 atom stereocenters. The quantitative estimate of drug-likeness (QED) is 0.777. The summed E-state index contributed by atoms with van der Waals surface area (Å²) in [5, 5.41) is 14.2. The number of hydrogen-bond donors (Lipinski definition) is 2. The zero-order chi connectivity index (χ0) is 17.6. The van der Waals surface area contributed by atoms with Crippen molar-refractivity contribution in [1.29, 1.82) is 0 Å². The number of imide groups is 1. The minimum Gasteiger partial charge on any atom is -0.430 e. The topological polar surface area (TPSA) is 77.8 Å². The summed E-state index contributed by atoms with van der Waals surface area (Å²) in [4.78, 5) is 26.4. The first-order valence-corrected chi connectivity index (χ1v) is 7.12. The molecule has 0 saturated heterocycles. The third-order valence-corrected chi connectivity index (χ3v) is 2.70. The first-order valence-electron chi connectivity index (χ1n) is 7.12. The van der Waals surface area contributed by atoms with E-state index in [-0.39, 0.29) is 11.8 Å². The van der Waals surface area contributed by atoms with Gasteiger partial charge in [0.25, 0.3) is 0 Å². The van der Waals surface area contributed by atoms with Crippen LogP contribution in [-0.2, 0) is 9.59 Å². The van der Waals surface area contributed by atoms with Gasteiger partial charge in [-0.3, -0.25) is 9.59 Å². The van der Waals surface area contributed by atoms with Gasteiger partial charge in [-0.05, 0) is 12.1 Å². The molecule has 0 heterocycles. The van der Waals surface area contributed by atoms with Crippen molar-refractivity contribution in [1.82, 2.24) is 0 Å². The van der Waals surface area contributed by atoms with Crippen molar-refractivity contribution in [2.75, 3.05) is 4.90 Å². The molecule has 0 aromatic heterocycles. The Kier molecular flexibility index (Phi) is 7.49. The van der Waals surface area contributed by atoms with Crippen molar-refractivity contribution >= 4 is 25.2 Å². The lowest BCUT2D eigenvalue weighted by molar-refractivity contribution is -0.134. The van der Waals surface area contributed by atoms with E-state index in [9.17, 15) is 9.59 Å². The first kappa shape index (κ1) is 20.3. The van der Waals surface area contributed by atoms with E-state index in [1.54, 1.807) is 12.1 Å². The molecule has 1 aromatic rings. The molecular weight excluding hydrogens is 281 g/mol. The van der Waals surface area contributed by atoms with Gasteiger partial charge in [0, 0.05) is 10.8 Å². The summed E-state index contributed by atoms with van der Waals surface area (Å²) in [5.41, 5.74) is -0.574. The molecule has 2 amide bonds. The molecule has 0 fully saturated rings. The molecule has 0 aliphatic heterocycles. The SMILES string of the molecule is CC(C)(C)C(=O)N(C(=O)C(C)(C)C)c1ccccc1.OBO. The monoisotopic (exact) mass is 307 g/mol. The van der Waals surface area contributed by atoms with Crippen molar-refractivity contribution < 1.29 is 19.6 Å². The number of para-hydroxylation sites is 1. The van der Waals surface area contributed by atoms with Crippen LogP contribution in [0.4, 0.5) is 5.69 Å². The van der Waals surface area contributed by atoms with Crippen LogP contribution in [0.3, 0.4) is 0 Å².